The molecule has 1 N–H and O–H groups in total. The Morgan fingerprint density at radius 3 is 2.88 bits per heavy atom. The fraction of sp³-hybridized carbons (Fsp3) is 0.524. The Bertz CT molecular complexity index is 735. The van der Waals surface area contributed by atoms with Crippen molar-refractivity contribution in [2.45, 2.75) is 46.7 Å². The number of hydrogen-bond donors (Lipinski definition) is 1. The lowest BCUT2D eigenvalue weighted by molar-refractivity contribution is 0.189. The zero-order chi connectivity index (χ0) is 18.5. The summed E-state index contributed by atoms with van der Waals surface area (Å²) in [6.07, 6.45) is 7.04. The van der Waals surface area contributed by atoms with Crippen molar-refractivity contribution in [2.24, 2.45) is 10.9 Å². The van der Waals surface area contributed by atoms with Gasteiger partial charge in [-0.25, -0.2) is 9.98 Å². The maximum atomic E-state index is 4.95. The highest BCUT2D eigenvalue weighted by Crippen LogP contribution is 2.27. The molecule has 1 fully saturated rings. The fourth-order valence-corrected chi connectivity index (χ4v) is 3.70. The highest BCUT2D eigenvalue weighted by Gasteiger charge is 2.28. The minimum Gasteiger partial charge on any atom is -0.357 e. The second-order valence-electron chi connectivity index (χ2n) is 7.39. The number of aliphatic imine (C=N–C) groups is 1. The minimum absolute atomic E-state index is 0.441. The van der Waals surface area contributed by atoms with E-state index in [1.807, 2.05) is 12.5 Å². The Labute approximate surface area is 157 Å². The van der Waals surface area contributed by atoms with Gasteiger partial charge in [-0.2, -0.15) is 0 Å². The molecule has 140 valence electrons. The van der Waals surface area contributed by atoms with E-state index in [1.54, 1.807) is 0 Å². The molecule has 2 atom stereocenters. The molecule has 1 aliphatic heterocycles. The fourth-order valence-electron chi connectivity index (χ4n) is 3.70. The molecular weight excluding hydrogens is 322 g/mol. The van der Waals surface area contributed by atoms with Crippen LogP contribution in [0.15, 0.2) is 41.9 Å². The molecule has 2 heterocycles. The van der Waals surface area contributed by atoms with E-state index in [9.17, 15) is 0 Å². The zero-order valence-electron chi connectivity index (χ0n) is 16.4. The molecule has 0 aliphatic carbocycles. The van der Waals surface area contributed by atoms with Gasteiger partial charge < -0.3 is 14.8 Å². The molecule has 26 heavy (non-hydrogen) atoms. The number of hydrogen-bond acceptors (Lipinski definition) is 2. The molecule has 1 aliphatic rings. The number of rotatable bonds is 4. The second kappa shape index (κ2) is 8.39. The smallest absolute Gasteiger partial charge is 0.194 e. The van der Waals surface area contributed by atoms with Crippen LogP contribution in [-0.4, -0.2) is 40.0 Å². The number of imidazole rings is 1. The average Bonchev–Trinajstić information content (AvgIpc) is 3.15. The van der Waals surface area contributed by atoms with Gasteiger partial charge >= 0.3 is 0 Å². The average molecular weight is 354 g/mol. The van der Waals surface area contributed by atoms with Gasteiger partial charge in [0.05, 0.1) is 18.9 Å². The van der Waals surface area contributed by atoms with Crippen molar-refractivity contribution in [3.63, 3.8) is 0 Å². The topological polar surface area (TPSA) is 45.5 Å². The van der Waals surface area contributed by atoms with Gasteiger partial charge in [0.1, 0.15) is 0 Å². The van der Waals surface area contributed by atoms with Gasteiger partial charge in [-0.3, -0.25) is 0 Å². The van der Waals surface area contributed by atoms with Crippen LogP contribution < -0.4 is 5.32 Å². The van der Waals surface area contributed by atoms with E-state index in [-0.39, 0.29) is 0 Å². The van der Waals surface area contributed by atoms with E-state index < -0.39 is 0 Å². The molecule has 1 aromatic carbocycles. The van der Waals surface area contributed by atoms with Crippen LogP contribution in [0.5, 0.6) is 0 Å². The summed E-state index contributed by atoms with van der Waals surface area (Å²) < 4.78 is 2.24. The van der Waals surface area contributed by atoms with Gasteiger partial charge in [-0.1, -0.05) is 30.7 Å². The highest BCUT2D eigenvalue weighted by atomic mass is 15.3. The molecule has 2 unspecified atom stereocenters. The standard InChI is InChI=1S/C21H31N5/c1-5-23-21(24-13-19-7-6-16(2)12-18(19)4)25-10-8-17(3)20(14-25)26-11-9-22-15-26/h6-7,9,11-12,15,17,20H,5,8,10,13-14H2,1-4H3,(H,23,24). The lowest BCUT2D eigenvalue weighted by Gasteiger charge is -2.39. The van der Waals surface area contributed by atoms with E-state index in [4.69, 9.17) is 4.99 Å². The number of likely N-dealkylation sites (tertiary alicyclic amines) is 1. The number of aryl methyl sites for hydroxylation is 2. The number of benzene rings is 1. The van der Waals surface area contributed by atoms with Crippen molar-refractivity contribution < 1.29 is 0 Å². The molecule has 1 saturated heterocycles. The van der Waals surface area contributed by atoms with Crippen LogP contribution in [0.25, 0.3) is 0 Å². The van der Waals surface area contributed by atoms with Gasteiger partial charge in [0, 0.05) is 32.0 Å². The van der Waals surface area contributed by atoms with Crippen LogP contribution >= 0.6 is 0 Å². The Balaban J connectivity index is 1.76. The van der Waals surface area contributed by atoms with Gasteiger partial charge in [-0.15, -0.1) is 0 Å². The van der Waals surface area contributed by atoms with Crippen LogP contribution in [0.2, 0.25) is 0 Å². The Kier molecular flexibility index (Phi) is 5.96. The number of nitrogens with one attached hydrogen (secondary N) is 1. The third-order valence-electron chi connectivity index (χ3n) is 5.36. The molecule has 0 spiro atoms. The van der Waals surface area contributed by atoms with Gasteiger partial charge in [0.15, 0.2) is 5.96 Å². The summed E-state index contributed by atoms with van der Waals surface area (Å²) in [6, 6.07) is 7.04. The maximum Gasteiger partial charge on any atom is 0.194 e. The molecule has 5 heteroatoms. The first-order valence-corrected chi connectivity index (χ1v) is 9.65. The van der Waals surface area contributed by atoms with E-state index in [1.165, 1.54) is 16.7 Å². The van der Waals surface area contributed by atoms with E-state index in [0.29, 0.717) is 12.0 Å². The van der Waals surface area contributed by atoms with Crippen molar-refractivity contribution >= 4 is 5.96 Å². The minimum atomic E-state index is 0.441. The summed E-state index contributed by atoms with van der Waals surface area (Å²) in [6.45, 7) is 12.4. The molecule has 5 nitrogen and oxygen atoms in total. The first-order chi connectivity index (χ1) is 12.6. The van der Waals surface area contributed by atoms with Crippen molar-refractivity contribution in [1.29, 1.82) is 0 Å². The molecule has 0 radical (unpaired) electrons. The van der Waals surface area contributed by atoms with Crippen LogP contribution in [0.3, 0.4) is 0 Å². The molecule has 1 aromatic heterocycles. The van der Waals surface area contributed by atoms with E-state index >= 15 is 0 Å². The largest absolute Gasteiger partial charge is 0.357 e. The SMILES string of the molecule is CCNC(=NCc1ccc(C)cc1C)N1CCC(C)C(n2ccnc2)C1. The number of aromatic nitrogens is 2. The van der Waals surface area contributed by atoms with Crippen molar-refractivity contribution in [2.75, 3.05) is 19.6 Å². The molecule has 0 amide bonds. The second-order valence-corrected chi connectivity index (χ2v) is 7.39. The van der Waals surface area contributed by atoms with Crippen LogP contribution in [-0.2, 0) is 6.54 Å². The lowest BCUT2D eigenvalue weighted by Crippen LogP contribution is -2.49. The lowest BCUT2D eigenvalue weighted by atomic mass is 9.93. The van der Waals surface area contributed by atoms with Gasteiger partial charge in [0.2, 0.25) is 0 Å². The summed E-state index contributed by atoms with van der Waals surface area (Å²) >= 11 is 0. The summed E-state index contributed by atoms with van der Waals surface area (Å²) in [5.74, 6) is 1.66. The third-order valence-corrected chi connectivity index (χ3v) is 5.36. The number of piperidine rings is 1. The summed E-state index contributed by atoms with van der Waals surface area (Å²) in [5, 5.41) is 3.49. The van der Waals surface area contributed by atoms with Gasteiger partial charge in [-0.05, 0) is 44.2 Å². The Morgan fingerprint density at radius 1 is 1.35 bits per heavy atom. The third kappa shape index (κ3) is 4.26. The Hall–Kier alpha value is -2.30. The van der Waals surface area contributed by atoms with Crippen LogP contribution in [0.1, 0.15) is 43.0 Å². The molecule has 2 aromatic rings. The van der Waals surface area contributed by atoms with E-state index in [2.05, 4.69) is 71.9 Å². The molecule has 0 saturated carbocycles. The van der Waals surface area contributed by atoms with Gasteiger partial charge in [0.25, 0.3) is 0 Å². The number of nitrogens with zero attached hydrogens (tertiary/aromatic N) is 4. The molecule has 0 bridgehead atoms. The summed E-state index contributed by atoms with van der Waals surface area (Å²) in [4.78, 5) is 11.6. The van der Waals surface area contributed by atoms with Crippen molar-refractivity contribution in [1.82, 2.24) is 19.8 Å². The predicted octanol–water partition coefficient (Wildman–Crippen LogP) is 3.55. The number of guanidine groups is 1. The first-order valence-electron chi connectivity index (χ1n) is 9.65. The van der Waals surface area contributed by atoms with Crippen LogP contribution in [0, 0.1) is 19.8 Å². The zero-order valence-corrected chi connectivity index (χ0v) is 16.4. The highest BCUT2D eigenvalue weighted by molar-refractivity contribution is 5.80. The monoisotopic (exact) mass is 353 g/mol. The normalized spacial score (nSPS) is 21.1. The maximum absolute atomic E-state index is 4.95. The predicted molar refractivity (Wildman–Crippen MR) is 107 cm³/mol. The molecule has 3 rings (SSSR count). The quantitative estimate of drug-likeness (QED) is 0.675. The molecular formula is C21H31N5. The first kappa shape index (κ1) is 18.5. The van der Waals surface area contributed by atoms with Crippen molar-refractivity contribution in [3.8, 4) is 0 Å². The van der Waals surface area contributed by atoms with Crippen LogP contribution in [0.4, 0.5) is 0 Å². The van der Waals surface area contributed by atoms with Crippen molar-refractivity contribution in [3.05, 3.63) is 53.6 Å². The Morgan fingerprint density at radius 2 is 2.19 bits per heavy atom. The summed E-state index contributed by atoms with van der Waals surface area (Å²) in [5.41, 5.74) is 3.91. The van der Waals surface area contributed by atoms with E-state index in [0.717, 1.165) is 38.6 Å². The summed E-state index contributed by atoms with van der Waals surface area (Å²) in [7, 11) is 0.